The Kier molecular flexibility index (Phi) is 2.79. The fraction of sp³-hybridized carbons (Fsp3) is 0.375. The lowest BCUT2D eigenvalue weighted by Gasteiger charge is -2.02. The molecule has 1 aromatic rings. The van der Waals surface area contributed by atoms with Gasteiger partial charge in [-0.15, -0.1) is 0 Å². The number of amides is 1. The molecule has 0 spiro atoms. The van der Waals surface area contributed by atoms with E-state index in [-0.39, 0.29) is 11.5 Å². The first-order valence-electron chi connectivity index (χ1n) is 4.06. The molecule has 13 heavy (non-hydrogen) atoms. The van der Waals surface area contributed by atoms with E-state index in [0.717, 1.165) is 18.5 Å². The quantitative estimate of drug-likeness (QED) is 0.690. The summed E-state index contributed by atoms with van der Waals surface area (Å²) in [7, 11) is 0. The molecule has 70 valence electrons. The molecule has 1 amide bonds. The lowest BCUT2D eigenvalue weighted by atomic mass is 10.2. The van der Waals surface area contributed by atoms with Crippen molar-refractivity contribution in [3.63, 3.8) is 0 Å². The van der Waals surface area contributed by atoms with Crippen molar-refractivity contribution in [2.24, 2.45) is 5.73 Å². The number of nitrogens with zero attached hydrogens (tertiary/aromatic N) is 2. The molecule has 0 bridgehead atoms. The van der Waals surface area contributed by atoms with Crippen molar-refractivity contribution in [1.29, 1.82) is 0 Å². The van der Waals surface area contributed by atoms with Crippen LogP contribution in [0.25, 0.3) is 0 Å². The first kappa shape index (κ1) is 9.44. The Labute approximate surface area is 76.2 Å². The van der Waals surface area contributed by atoms with Gasteiger partial charge in [-0.2, -0.15) is 0 Å². The maximum Gasteiger partial charge on any atom is 0.271 e. The molecule has 0 radical (unpaired) electrons. The van der Waals surface area contributed by atoms with Crippen molar-refractivity contribution < 1.29 is 4.79 Å². The van der Waals surface area contributed by atoms with E-state index in [4.69, 9.17) is 11.5 Å². The molecule has 1 aromatic heterocycles. The third-order valence-electron chi connectivity index (χ3n) is 1.59. The van der Waals surface area contributed by atoms with Crippen LogP contribution >= 0.6 is 0 Å². The molecule has 1 rings (SSSR count). The van der Waals surface area contributed by atoms with Gasteiger partial charge in [-0.05, 0) is 6.42 Å². The van der Waals surface area contributed by atoms with Crippen LogP contribution in [0.15, 0.2) is 6.20 Å². The van der Waals surface area contributed by atoms with E-state index in [1.807, 2.05) is 6.92 Å². The second kappa shape index (κ2) is 3.84. The number of carbonyl (C=O) groups excluding carboxylic acids is 1. The van der Waals surface area contributed by atoms with E-state index in [9.17, 15) is 4.79 Å². The van der Waals surface area contributed by atoms with Crippen LogP contribution in [0.4, 0.5) is 5.82 Å². The average Bonchev–Trinajstić information content (AvgIpc) is 2.08. The summed E-state index contributed by atoms with van der Waals surface area (Å²) < 4.78 is 0. The Balaban J connectivity index is 3.04. The Hall–Kier alpha value is -1.65. The highest BCUT2D eigenvalue weighted by atomic mass is 16.1. The smallest absolute Gasteiger partial charge is 0.271 e. The van der Waals surface area contributed by atoms with Crippen molar-refractivity contribution in [3.8, 4) is 0 Å². The third kappa shape index (κ3) is 2.14. The van der Waals surface area contributed by atoms with E-state index < -0.39 is 5.91 Å². The van der Waals surface area contributed by atoms with Gasteiger partial charge in [0, 0.05) is 0 Å². The average molecular weight is 180 g/mol. The van der Waals surface area contributed by atoms with Gasteiger partial charge < -0.3 is 11.5 Å². The number of nitrogen functional groups attached to an aromatic ring is 1. The van der Waals surface area contributed by atoms with Gasteiger partial charge in [-0.25, -0.2) is 9.97 Å². The lowest BCUT2D eigenvalue weighted by molar-refractivity contribution is 0.0996. The summed E-state index contributed by atoms with van der Waals surface area (Å²) in [5, 5.41) is 0. The molecule has 0 saturated heterocycles. The van der Waals surface area contributed by atoms with Gasteiger partial charge in [-0.3, -0.25) is 4.79 Å². The molecule has 5 nitrogen and oxygen atoms in total. The molecule has 0 atom stereocenters. The molecule has 0 fully saturated rings. The van der Waals surface area contributed by atoms with E-state index >= 15 is 0 Å². The van der Waals surface area contributed by atoms with Crippen LogP contribution in [0, 0.1) is 0 Å². The van der Waals surface area contributed by atoms with Crippen molar-refractivity contribution >= 4 is 11.7 Å². The summed E-state index contributed by atoms with van der Waals surface area (Å²) in [6, 6.07) is 0. The predicted octanol–water partition coefficient (Wildman–Crippen LogP) is 0.110. The molecule has 0 aliphatic carbocycles. The summed E-state index contributed by atoms with van der Waals surface area (Å²) >= 11 is 0. The zero-order valence-electron chi connectivity index (χ0n) is 7.45. The molecular formula is C8H12N4O. The van der Waals surface area contributed by atoms with Crippen molar-refractivity contribution in [3.05, 3.63) is 17.6 Å². The van der Waals surface area contributed by atoms with Crippen LogP contribution in [0.2, 0.25) is 0 Å². The first-order chi connectivity index (χ1) is 6.15. The van der Waals surface area contributed by atoms with Crippen LogP contribution in [0.3, 0.4) is 0 Å². The predicted molar refractivity (Wildman–Crippen MR) is 49.0 cm³/mol. The summed E-state index contributed by atoms with van der Waals surface area (Å²) in [4.78, 5) is 18.7. The molecule has 0 aromatic carbocycles. The Morgan fingerprint density at radius 1 is 1.62 bits per heavy atom. The second-order valence-electron chi connectivity index (χ2n) is 2.71. The standard InChI is InChI=1S/C8H12N4O/c1-2-3-5-4-11-7(9)6(12-5)8(10)13/h4H,2-3H2,1H3,(H2,9,11)(H2,10,13). The van der Waals surface area contributed by atoms with Gasteiger partial charge >= 0.3 is 0 Å². The maximum atomic E-state index is 10.8. The number of aryl methyl sites for hydroxylation is 1. The first-order valence-corrected chi connectivity index (χ1v) is 4.06. The maximum absolute atomic E-state index is 10.8. The molecule has 0 saturated carbocycles. The second-order valence-corrected chi connectivity index (χ2v) is 2.71. The Morgan fingerprint density at radius 3 is 2.85 bits per heavy atom. The third-order valence-corrected chi connectivity index (χ3v) is 1.59. The lowest BCUT2D eigenvalue weighted by Crippen LogP contribution is -2.17. The Bertz CT molecular complexity index is 324. The minimum atomic E-state index is -0.636. The highest BCUT2D eigenvalue weighted by molar-refractivity contribution is 5.94. The van der Waals surface area contributed by atoms with Crippen LogP contribution in [-0.2, 0) is 6.42 Å². The van der Waals surface area contributed by atoms with Crippen molar-refractivity contribution in [2.45, 2.75) is 19.8 Å². The van der Waals surface area contributed by atoms with Crippen molar-refractivity contribution in [1.82, 2.24) is 9.97 Å². The van der Waals surface area contributed by atoms with Gasteiger partial charge in [0.15, 0.2) is 11.5 Å². The monoisotopic (exact) mass is 180 g/mol. The van der Waals surface area contributed by atoms with E-state index in [0.29, 0.717) is 0 Å². The van der Waals surface area contributed by atoms with Crippen LogP contribution < -0.4 is 11.5 Å². The molecule has 0 unspecified atom stereocenters. The van der Waals surface area contributed by atoms with Gasteiger partial charge in [-0.1, -0.05) is 13.3 Å². The number of hydrogen-bond acceptors (Lipinski definition) is 4. The molecule has 4 N–H and O–H groups in total. The zero-order valence-corrected chi connectivity index (χ0v) is 7.45. The molecule has 5 heteroatoms. The van der Waals surface area contributed by atoms with E-state index in [1.165, 1.54) is 0 Å². The van der Waals surface area contributed by atoms with E-state index in [1.54, 1.807) is 6.20 Å². The highest BCUT2D eigenvalue weighted by Gasteiger charge is 2.09. The van der Waals surface area contributed by atoms with Crippen molar-refractivity contribution in [2.75, 3.05) is 5.73 Å². The van der Waals surface area contributed by atoms with Gasteiger partial charge in [0.05, 0.1) is 11.9 Å². The minimum Gasteiger partial charge on any atom is -0.382 e. The zero-order chi connectivity index (χ0) is 9.84. The normalized spacial score (nSPS) is 9.92. The highest BCUT2D eigenvalue weighted by Crippen LogP contribution is 2.06. The number of nitrogens with two attached hydrogens (primary N) is 2. The summed E-state index contributed by atoms with van der Waals surface area (Å²) in [5.41, 5.74) is 11.3. The number of rotatable bonds is 3. The summed E-state index contributed by atoms with van der Waals surface area (Å²) in [5.74, 6) is -0.546. The van der Waals surface area contributed by atoms with E-state index in [2.05, 4.69) is 9.97 Å². The SMILES string of the molecule is CCCc1cnc(N)c(C(N)=O)n1. The number of carbonyl (C=O) groups is 1. The van der Waals surface area contributed by atoms with Gasteiger partial charge in [0.1, 0.15) is 0 Å². The minimum absolute atomic E-state index is 0.0611. The number of anilines is 1. The number of primary amides is 1. The number of aromatic nitrogens is 2. The topological polar surface area (TPSA) is 94.9 Å². The Morgan fingerprint density at radius 2 is 2.31 bits per heavy atom. The molecule has 0 aliphatic heterocycles. The van der Waals surface area contributed by atoms with Crippen LogP contribution in [-0.4, -0.2) is 15.9 Å². The summed E-state index contributed by atoms with van der Waals surface area (Å²) in [6.45, 7) is 2.02. The van der Waals surface area contributed by atoms with Gasteiger partial charge in [0.2, 0.25) is 0 Å². The molecule has 1 heterocycles. The fourth-order valence-corrected chi connectivity index (χ4v) is 0.993. The fourth-order valence-electron chi connectivity index (χ4n) is 0.993. The molecular weight excluding hydrogens is 168 g/mol. The van der Waals surface area contributed by atoms with Gasteiger partial charge in [0.25, 0.3) is 5.91 Å². The van der Waals surface area contributed by atoms with Crippen LogP contribution in [0.5, 0.6) is 0 Å². The largest absolute Gasteiger partial charge is 0.382 e. The van der Waals surface area contributed by atoms with Crippen LogP contribution in [0.1, 0.15) is 29.5 Å². The molecule has 0 aliphatic rings. The summed E-state index contributed by atoms with van der Waals surface area (Å²) in [6.07, 6.45) is 3.27. The number of hydrogen-bond donors (Lipinski definition) is 2.